The van der Waals surface area contributed by atoms with Gasteiger partial charge in [-0.3, -0.25) is 0 Å². The van der Waals surface area contributed by atoms with Gasteiger partial charge in [-0.1, -0.05) is 0 Å². The second kappa shape index (κ2) is 6.16. The second-order valence-electron chi connectivity index (χ2n) is 4.08. The van der Waals surface area contributed by atoms with E-state index in [2.05, 4.69) is 9.47 Å². The standard InChI is InChI=1S/C10H11O7S.K/c1-16-8(11)7-4-3-5-10(6-7,9(12)17-2)18(13,14)15;/h4-5H,6H2,1-2H3,(H,13,14,15);. The molecule has 7 nitrogen and oxygen atoms in total. The van der Waals surface area contributed by atoms with Crippen LogP contribution in [0.1, 0.15) is 6.42 Å². The van der Waals surface area contributed by atoms with Crippen molar-refractivity contribution in [1.29, 1.82) is 0 Å². The molecular formula is C10H11KO7S. The predicted octanol–water partition coefficient (Wildman–Crippen LogP) is -0.659. The molecule has 0 radical (unpaired) electrons. The van der Waals surface area contributed by atoms with Gasteiger partial charge < -0.3 is 0 Å². The van der Waals surface area contributed by atoms with Crippen molar-refractivity contribution >= 4 is 71.0 Å². The molecule has 0 aromatic carbocycles. The molecule has 1 aliphatic rings. The van der Waals surface area contributed by atoms with E-state index in [1.165, 1.54) is 6.08 Å². The fraction of sp³-hybridized carbons (Fsp3) is 0.400. The molecule has 0 amide bonds. The van der Waals surface area contributed by atoms with E-state index in [1.807, 2.05) is 0 Å². The number of methoxy groups -OCH3 is 2. The zero-order valence-electron chi connectivity index (χ0n) is 10.7. The molecule has 0 heterocycles. The third-order valence-corrected chi connectivity index (χ3v) is 5.01. The average Bonchev–Trinajstić information content (AvgIpc) is 2.34. The van der Waals surface area contributed by atoms with E-state index < -0.39 is 33.2 Å². The SMILES string of the molecule is COC(=O)C1=C[C]([K])=CC(C(=O)OC)(S(=O)(=O)O)C1. The van der Waals surface area contributed by atoms with Crippen LogP contribution in [0.4, 0.5) is 0 Å². The van der Waals surface area contributed by atoms with Crippen LogP contribution in [0.2, 0.25) is 0 Å². The zero-order chi connectivity index (χ0) is 14.8. The van der Waals surface area contributed by atoms with Crippen molar-refractivity contribution < 1.29 is 32.0 Å². The van der Waals surface area contributed by atoms with Gasteiger partial charge in [-0.2, -0.15) is 0 Å². The van der Waals surface area contributed by atoms with Crippen LogP contribution < -0.4 is 0 Å². The van der Waals surface area contributed by atoms with Gasteiger partial charge in [-0.15, -0.1) is 0 Å². The first-order valence-corrected chi connectivity index (χ1v) is 8.22. The topological polar surface area (TPSA) is 107 Å². The Bertz CT molecular complexity index is 575. The van der Waals surface area contributed by atoms with Crippen molar-refractivity contribution in [1.82, 2.24) is 0 Å². The van der Waals surface area contributed by atoms with Crippen molar-refractivity contribution in [3.05, 3.63) is 17.4 Å². The Balaban J connectivity index is 3.43. The summed E-state index contributed by atoms with van der Waals surface area (Å²) in [6.45, 7) is 0. The maximum absolute atomic E-state index is 11.8. The molecule has 1 rings (SSSR count). The van der Waals surface area contributed by atoms with Crippen LogP contribution in [-0.2, 0) is 29.2 Å². The third kappa shape index (κ3) is 3.35. The van der Waals surface area contributed by atoms with Gasteiger partial charge in [0.25, 0.3) is 0 Å². The molecule has 0 aromatic rings. The van der Waals surface area contributed by atoms with Gasteiger partial charge in [0, 0.05) is 0 Å². The molecule has 100 valence electrons. The van der Waals surface area contributed by atoms with Crippen molar-refractivity contribution in [3.63, 3.8) is 0 Å². The third-order valence-electron chi connectivity index (χ3n) is 2.75. The molecule has 0 aliphatic heterocycles. The van der Waals surface area contributed by atoms with Gasteiger partial charge >= 0.3 is 146 Å². The summed E-state index contributed by atoms with van der Waals surface area (Å²) >= 11 is -0.00332. The number of carbonyl (C=O) groups excluding carboxylic acids is 2. The summed E-state index contributed by atoms with van der Waals surface area (Å²) in [5.41, 5.74) is 0.0103. The molecule has 0 fully saturated rings. The minimum absolute atomic E-state index is 0.00332. The Morgan fingerprint density at radius 1 is 1.37 bits per heavy atom. The Labute approximate surface area is 144 Å². The number of rotatable bonds is 3. The van der Waals surface area contributed by atoms with E-state index >= 15 is 0 Å². The average molecular weight is 314 g/mol. The molecule has 0 aromatic heterocycles. The molecule has 0 bridgehead atoms. The predicted molar refractivity (Wildman–Crippen MR) is 64.8 cm³/mol. The Kier molecular flexibility index (Phi) is 5.52. The molecule has 9 heteroatoms. The zero-order valence-corrected chi connectivity index (χ0v) is 14.6. The first kappa shape index (κ1) is 17.0. The number of ether oxygens (including phenoxy) is 2. The van der Waals surface area contributed by atoms with Crippen molar-refractivity contribution in [2.24, 2.45) is 0 Å². The van der Waals surface area contributed by atoms with E-state index in [9.17, 15) is 22.6 Å². The van der Waals surface area contributed by atoms with Crippen LogP contribution in [0.25, 0.3) is 0 Å². The fourth-order valence-corrected chi connectivity index (χ4v) is 4.51. The second-order valence-corrected chi connectivity index (χ2v) is 7.56. The summed E-state index contributed by atoms with van der Waals surface area (Å²) in [4.78, 5) is 23.3. The summed E-state index contributed by atoms with van der Waals surface area (Å²) in [6, 6.07) is 0. The van der Waals surface area contributed by atoms with Crippen LogP contribution in [-0.4, -0.2) is 92.8 Å². The van der Waals surface area contributed by atoms with Crippen LogP contribution in [0, 0.1) is 0 Å². The summed E-state index contributed by atoms with van der Waals surface area (Å²) in [5.74, 6) is -1.88. The number of esters is 2. The van der Waals surface area contributed by atoms with Gasteiger partial charge in [0.05, 0.1) is 0 Å². The van der Waals surface area contributed by atoms with E-state index in [4.69, 9.17) is 0 Å². The van der Waals surface area contributed by atoms with Crippen LogP contribution >= 0.6 is 0 Å². The van der Waals surface area contributed by atoms with Crippen LogP contribution in [0.15, 0.2) is 17.4 Å². The molecule has 1 N–H and O–H groups in total. The summed E-state index contributed by atoms with van der Waals surface area (Å²) in [7, 11) is -2.62. The Hall–Kier alpha value is -0.0336. The van der Waals surface area contributed by atoms with Gasteiger partial charge in [0.1, 0.15) is 0 Å². The molecule has 19 heavy (non-hydrogen) atoms. The normalized spacial score (nSPS) is 23.2. The Morgan fingerprint density at radius 3 is 2.37 bits per heavy atom. The molecule has 1 unspecified atom stereocenters. The number of hydrogen-bond donors (Lipinski definition) is 1. The summed E-state index contributed by atoms with van der Waals surface area (Å²) in [6.07, 6.45) is 2.10. The van der Waals surface area contributed by atoms with E-state index in [-0.39, 0.29) is 54.5 Å². The van der Waals surface area contributed by atoms with E-state index in [1.54, 1.807) is 0 Å². The van der Waals surface area contributed by atoms with E-state index in [0.29, 0.717) is -0.332 Å². The number of allylic oxidation sites excluding steroid dienone is 2. The molecule has 0 saturated heterocycles. The maximum atomic E-state index is 11.8. The fourth-order valence-electron chi connectivity index (χ4n) is 1.91. The van der Waals surface area contributed by atoms with Crippen LogP contribution in [0.3, 0.4) is 0 Å². The molecular weight excluding hydrogens is 303 g/mol. The molecule has 1 aliphatic carbocycles. The van der Waals surface area contributed by atoms with Gasteiger partial charge in [-0.25, -0.2) is 0 Å². The van der Waals surface area contributed by atoms with Crippen molar-refractivity contribution in [2.45, 2.75) is 11.2 Å². The van der Waals surface area contributed by atoms with Crippen molar-refractivity contribution in [2.75, 3.05) is 14.2 Å². The summed E-state index contributed by atoms with van der Waals surface area (Å²) < 4.78 is 39.7. The van der Waals surface area contributed by atoms with Gasteiger partial charge in [0.15, 0.2) is 0 Å². The molecule has 0 spiro atoms. The number of carbonyl (C=O) groups is 2. The quantitative estimate of drug-likeness (QED) is 0.419. The van der Waals surface area contributed by atoms with Gasteiger partial charge in [-0.05, 0) is 0 Å². The Morgan fingerprint density at radius 2 is 1.95 bits per heavy atom. The first-order valence-electron chi connectivity index (χ1n) is 5.21. The monoisotopic (exact) mass is 314 g/mol. The van der Waals surface area contributed by atoms with Crippen molar-refractivity contribution in [3.8, 4) is 0 Å². The van der Waals surface area contributed by atoms with Crippen LogP contribution in [0.5, 0.6) is 0 Å². The molecule has 0 saturated carbocycles. The number of hydrogen-bond acceptors (Lipinski definition) is 6. The van der Waals surface area contributed by atoms with E-state index in [0.717, 1.165) is 20.3 Å². The first-order chi connectivity index (χ1) is 8.67. The molecule has 1 atom stereocenters. The van der Waals surface area contributed by atoms with Gasteiger partial charge in [0.2, 0.25) is 0 Å². The summed E-state index contributed by atoms with van der Waals surface area (Å²) in [5, 5.41) is 0. The minimum atomic E-state index is -4.78.